The van der Waals surface area contributed by atoms with Crippen LogP contribution < -0.4 is 5.32 Å². The van der Waals surface area contributed by atoms with Gasteiger partial charge in [0, 0.05) is 12.6 Å². The van der Waals surface area contributed by atoms with Gasteiger partial charge in [-0.3, -0.25) is 14.9 Å². The summed E-state index contributed by atoms with van der Waals surface area (Å²) in [6.07, 6.45) is 3.26. The Morgan fingerprint density at radius 3 is 2.48 bits per heavy atom. The molecule has 1 unspecified atom stereocenters. The van der Waals surface area contributed by atoms with Gasteiger partial charge in [0.25, 0.3) is 11.8 Å². The lowest BCUT2D eigenvalue weighted by atomic mass is 9.98. The molecule has 2 aliphatic rings. The number of carbonyl (C=O) groups excluding carboxylic acids is 2. The van der Waals surface area contributed by atoms with Crippen molar-refractivity contribution >= 4 is 21.8 Å². The van der Waals surface area contributed by atoms with Crippen molar-refractivity contribution in [2.24, 2.45) is 0 Å². The fourth-order valence-electron chi connectivity index (χ4n) is 3.82. The van der Waals surface area contributed by atoms with E-state index in [0.717, 1.165) is 24.8 Å². The molecule has 1 fully saturated rings. The van der Waals surface area contributed by atoms with Crippen molar-refractivity contribution in [2.45, 2.75) is 36.6 Å². The van der Waals surface area contributed by atoms with Crippen LogP contribution in [-0.2, 0) is 16.4 Å². The number of fused-ring (bicyclic) bond motifs is 1. The van der Waals surface area contributed by atoms with Crippen LogP contribution >= 0.6 is 0 Å². The molecule has 7 heteroatoms. The minimum Gasteiger partial charge on any atom is -0.288 e. The number of hydrogen-bond acceptors (Lipinski definition) is 4. The summed E-state index contributed by atoms with van der Waals surface area (Å²) in [5.74, 6) is -1.04. The van der Waals surface area contributed by atoms with Crippen LogP contribution in [0.15, 0.2) is 53.4 Å². The predicted octanol–water partition coefficient (Wildman–Crippen LogP) is 2.36. The molecule has 1 atom stereocenters. The van der Waals surface area contributed by atoms with E-state index in [2.05, 4.69) is 5.32 Å². The fraction of sp³-hybridized carbons (Fsp3) is 0.300. The lowest BCUT2D eigenvalue weighted by molar-refractivity contribution is 0.0879. The van der Waals surface area contributed by atoms with Crippen LogP contribution in [0.25, 0.3) is 0 Å². The number of nitrogens with one attached hydrogen (secondary N) is 1. The first-order valence-electron chi connectivity index (χ1n) is 9.02. The van der Waals surface area contributed by atoms with Gasteiger partial charge in [0.2, 0.25) is 10.0 Å². The van der Waals surface area contributed by atoms with Crippen molar-refractivity contribution < 1.29 is 18.0 Å². The molecule has 1 N–H and O–H groups in total. The molecule has 0 radical (unpaired) electrons. The molecule has 6 nitrogen and oxygen atoms in total. The molecule has 2 heterocycles. The highest BCUT2D eigenvalue weighted by molar-refractivity contribution is 7.89. The Morgan fingerprint density at radius 1 is 0.963 bits per heavy atom. The first-order valence-corrected chi connectivity index (χ1v) is 10.5. The Bertz CT molecular complexity index is 1000. The van der Waals surface area contributed by atoms with Crippen LogP contribution in [-0.4, -0.2) is 37.1 Å². The van der Waals surface area contributed by atoms with Crippen LogP contribution in [0.5, 0.6) is 0 Å². The van der Waals surface area contributed by atoms with Crippen molar-refractivity contribution in [1.29, 1.82) is 0 Å². The van der Waals surface area contributed by atoms with Crippen molar-refractivity contribution in [3.05, 3.63) is 65.2 Å². The van der Waals surface area contributed by atoms with Crippen LogP contribution in [0, 0.1) is 0 Å². The standard InChI is InChI=1S/C20H20N2O4S/c23-19-17-10-9-16(13-18(17)20(24)21-19)27(25,26)22-11-5-4-8-15(22)12-14-6-2-1-3-7-14/h1-3,6-7,9-10,13,15H,4-5,8,11-12H2,(H,21,23,24). The maximum absolute atomic E-state index is 13.3. The summed E-state index contributed by atoms with van der Waals surface area (Å²) in [6, 6.07) is 13.9. The van der Waals surface area contributed by atoms with Crippen molar-refractivity contribution in [1.82, 2.24) is 9.62 Å². The molecule has 2 aliphatic heterocycles. The molecular weight excluding hydrogens is 364 g/mol. The van der Waals surface area contributed by atoms with Crippen molar-refractivity contribution in [2.75, 3.05) is 6.54 Å². The Labute approximate surface area is 158 Å². The Balaban J connectivity index is 1.66. The van der Waals surface area contributed by atoms with E-state index in [1.807, 2.05) is 30.3 Å². The molecule has 0 aromatic heterocycles. The van der Waals surface area contributed by atoms with Gasteiger partial charge in [-0.25, -0.2) is 8.42 Å². The SMILES string of the molecule is O=C1NC(=O)c2cc(S(=O)(=O)N3CCCCC3Cc3ccccc3)ccc21. The molecule has 0 spiro atoms. The van der Waals surface area contributed by atoms with Gasteiger partial charge in [0.05, 0.1) is 16.0 Å². The van der Waals surface area contributed by atoms with Gasteiger partial charge in [-0.05, 0) is 43.0 Å². The van der Waals surface area contributed by atoms with Gasteiger partial charge in [-0.1, -0.05) is 36.8 Å². The third kappa shape index (κ3) is 3.28. The molecule has 2 aromatic carbocycles. The summed E-state index contributed by atoms with van der Waals surface area (Å²) in [6.45, 7) is 0.460. The van der Waals surface area contributed by atoms with E-state index in [9.17, 15) is 18.0 Å². The minimum absolute atomic E-state index is 0.0612. The summed E-state index contributed by atoms with van der Waals surface area (Å²) in [7, 11) is -3.75. The number of benzene rings is 2. The maximum atomic E-state index is 13.3. The van der Waals surface area contributed by atoms with Gasteiger partial charge in [-0.15, -0.1) is 0 Å². The van der Waals surface area contributed by atoms with Crippen LogP contribution in [0.2, 0.25) is 0 Å². The zero-order valence-corrected chi connectivity index (χ0v) is 15.5. The van der Waals surface area contributed by atoms with Gasteiger partial charge in [-0.2, -0.15) is 4.31 Å². The van der Waals surface area contributed by atoms with Crippen molar-refractivity contribution in [3.63, 3.8) is 0 Å². The number of carbonyl (C=O) groups is 2. The van der Waals surface area contributed by atoms with E-state index in [-0.39, 0.29) is 22.1 Å². The monoisotopic (exact) mass is 384 g/mol. The summed E-state index contributed by atoms with van der Waals surface area (Å²) in [5, 5.41) is 2.20. The summed E-state index contributed by atoms with van der Waals surface area (Å²) >= 11 is 0. The molecule has 140 valence electrons. The largest absolute Gasteiger partial charge is 0.288 e. The second-order valence-electron chi connectivity index (χ2n) is 6.95. The van der Waals surface area contributed by atoms with Gasteiger partial charge < -0.3 is 0 Å². The maximum Gasteiger partial charge on any atom is 0.258 e. The highest BCUT2D eigenvalue weighted by Gasteiger charge is 2.35. The summed E-state index contributed by atoms with van der Waals surface area (Å²) < 4.78 is 28.1. The lowest BCUT2D eigenvalue weighted by Crippen LogP contribution is -2.44. The number of amides is 2. The number of hydrogen-bond donors (Lipinski definition) is 1. The zero-order chi connectivity index (χ0) is 19.0. The van der Waals surface area contributed by atoms with Gasteiger partial charge in [0.1, 0.15) is 0 Å². The molecule has 1 saturated heterocycles. The molecule has 0 saturated carbocycles. The number of nitrogens with zero attached hydrogens (tertiary/aromatic N) is 1. The zero-order valence-electron chi connectivity index (χ0n) is 14.7. The Kier molecular flexibility index (Phi) is 4.57. The van der Waals surface area contributed by atoms with Crippen molar-refractivity contribution in [3.8, 4) is 0 Å². The highest BCUT2D eigenvalue weighted by atomic mass is 32.2. The number of sulfonamides is 1. The van der Waals surface area contributed by atoms with E-state index < -0.39 is 21.8 Å². The third-order valence-corrected chi connectivity index (χ3v) is 7.15. The van der Waals surface area contributed by atoms with E-state index in [1.165, 1.54) is 18.2 Å². The molecule has 4 rings (SSSR count). The van der Waals surface area contributed by atoms with Crippen LogP contribution in [0.4, 0.5) is 0 Å². The first kappa shape index (κ1) is 17.9. The highest BCUT2D eigenvalue weighted by Crippen LogP contribution is 2.29. The lowest BCUT2D eigenvalue weighted by Gasteiger charge is -2.35. The fourth-order valence-corrected chi connectivity index (χ4v) is 5.54. The van der Waals surface area contributed by atoms with Gasteiger partial charge in [0.15, 0.2) is 0 Å². The van der Waals surface area contributed by atoms with E-state index >= 15 is 0 Å². The Morgan fingerprint density at radius 2 is 1.70 bits per heavy atom. The second kappa shape index (κ2) is 6.90. The summed E-state index contributed by atoms with van der Waals surface area (Å²) in [5.41, 5.74) is 1.44. The minimum atomic E-state index is -3.75. The predicted molar refractivity (Wildman–Crippen MR) is 99.9 cm³/mol. The first-order chi connectivity index (χ1) is 13.0. The molecular formula is C20H20N2O4S. The molecule has 0 aliphatic carbocycles. The molecule has 2 aromatic rings. The molecule has 2 amide bonds. The number of imide groups is 1. The second-order valence-corrected chi connectivity index (χ2v) is 8.84. The number of piperidine rings is 1. The van der Waals surface area contributed by atoms with E-state index in [0.29, 0.717) is 13.0 Å². The molecule has 27 heavy (non-hydrogen) atoms. The van der Waals surface area contributed by atoms with Crippen LogP contribution in [0.3, 0.4) is 0 Å². The summed E-state index contributed by atoms with van der Waals surface area (Å²) in [4.78, 5) is 23.7. The normalized spacial score (nSPS) is 20.4. The van der Waals surface area contributed by atoms with Crippen LogP contribution in [0.1, 0.15) is 45.5 Å². The quantitative estimate of drug-likeness (QED) is 0.821. The number of rotatable bonds is 4. The average molecular weight is 384 g/mol. The third-order valence-electron chi connectivity index (χ3n) is 5.20. The van der Waals surface area contributed by atoms with E-state index in [1.54, 1.807) is 4.31 Å². The smallest absolute Gasteiger partial charge is 0.258 e. The Hall–Kier alpha value is -2.51. The van der Waals surface area contributed by atoms with E-state index in [4.69, 9.17) is 0 Å². The van der Waals surface area contributed by atoms with Gasteiger partial charge >= 0.3 is 0 Å². The molecule has 0 bridgehead atoms. The topological polar surface area (TPSA) is 83.5 Å². The average Bonchev–Trinajstić information content (AvgIpc) is 2.96.